The molecule has 2 aromatic carbocycles. The average Bonchev–Trinajstić information content (AvgIpc) is 2.67. The third-order valence-corrected chi connectivity index (χ3v) is 4.81. The van der Waals surface area contributed by atoms with E-state index in [1.54, 1.807) is 0 Å². The Morgan fingerprint density at radius 1 is 1.08 bits per heavy atom. The first-order chi connectivity index (χ1) is 11.8. The fourth-order valence-corrected chi connectivity index (χ4v) is 3.32. The predicted octanol–water partition coefficient (Wildman–Crippen LogP) is 3.78. The van der Waals surface area contributed by atoms with Crippen LogP contribution in [0.1, 0.15) is 36.1 Å². The number of hydrogen-bond donors (Lipinski definition) is 1. The molecule has 25 heavy (non-hydrogen) atoms. The number of halogens is 1. The molecular formula is C21H27ClN2O. The minimum Gasteiger partial charge on any atom is -0.333 e. The standard InChI is InChI=1S/C21H26N2O.ClH/c1-2-17-8-11-19(12-9-17)20-16-22-14-15-23(20)21(24)13-10-18-6-4-3-5-7-18;/h3-9,11-12,20,22H,2,10,13-16H2,1H3;1H. The van der Waals surface area contributed by atoms with E-state index in [0.29, 0.717) is 6.42 Å². The van der Waals surface area contributed by atoms with E-state index in [9.17, 15) is 4.79 Å². The average molecular weight is 359 g/mol. The van der Waals surface area contributed by atoms with Gasteiger partial charge in [0.25, 0.3) is 0 Å². The van der Waals surface area contributed by atoms with Crippen LogP contribution in [-0.4, -0.2) is 30.4 Å². The Labute approximate surface area is 156 Å². The summed E-state index contributed by atoms with van der Waals surface area (Å²) >= 11 is 0. The third kappa shape index (κ3) is 5.07. The van der Waals surface area contributed by atoms with Crippen molar-refractivity contribution < 1.29 is 4.79 Å². The van der Waals surface area contributed by atoms with Crippen molar-refractivity contribution in [2.24, 2.45) is 0 Å². The third-order valence-electron chi connectivity index (χ3n) is 4.81. The van der Waals surface area contributed by atoms with Crippen molar-refractivity contribution in [1.82, 2.24) is 10.2 Å². The van der Waals surface area contributed by atoms with E-state index in [1.807, 2.05) is 18.2 Å². The van der Waals surface area contributed by atoms with Gasteiger partial charge in [-0.2, -0.15) is 0 Å². The first-order valence-electron chi connectivity index (χ1n) is 8.91. The SMILES string of the molecule is CCc1ccc(C2CNCCN2C(=O)CCc2ccccc2)cc1.Cl. The fourth-order valence-electron chi connectivity index (χ4n) is 3.32. The van der Waals surface area contributed by atoms with Gasteiger partial charge in [0.2, 0.25) is 5.91 Å². The fraction of sp³-hybridized carbons (Fsp3) is 0.381. The highest BCUT2D eigenvalue weighted by Crippen LogP contribution is 2.24. The molecule has 1 heterocycles. The molecule has 134 valence electrons. The highest BCUT2D eigenvalue weighted by atomic mass is 35.5. The second-order valence-electron chi connectivity index (χ2n) is 6.39. The largest absolute Gasteiger partial charge is 0.333 e. The number of benzene rings is 2. The quantitative estimate of drug-likeness (QED) is 0.882. The van der Waals surface area contributed by atoms with E-state index in [0.717, 1.165) is 32.5 Å². The lowest BCUT2D eigenvalue weighted by molar-refractivity contribution is -0.134. The lowest BCUT2D eigenvalue weighted by atomic mass is 10.00. The molecule has 0 bridgehead atoms. The number of nitrogens with one attached hydrogen (secondary N) is 1. The van der Waals surface area contributed by atoms with Crippen LogP contribution >= 0.6 is 12.4 Å². The van der Waals surface area contributed by atoms with Crippen molar-refractivity contribution in [2.45, 2.75) is 32.2 Å². The number of nitrogens with zero attached hydrogens (tertiary/aromatic N) is 1. The van der Waals surface area contributed by atoms with Crippen LogP contribution in [0.4, 0.5) is 0 Å². The van der Waals surface area contributed by atoms with Crippen molar-refractivity contribution in [2.75, 3.05) is 19.6 Å². The number of rotatable bonds is 5. The summed E-state index contributed by atoms with van der Waals surface area (Å²) in [5.41, 5.74) is 3.79. The molecule has 1 saturated heterocycles. The second-order valence-corrected chi connectivity index (χ2v) is 6.39. The Kier molecular flexibility index (Phi) is 7.48. The molecule has 0 aromatic heterocycles. The molecule has 1 unspecified atom stereocenters. The van der Waals surface area contributed by atoms with Crippen molar-refractivity contribution in [1.29, 1.82) is 0 Å². The van der Waals surface area contributed by atoms with Gasteiger partial charge in [0.1, 0.15) is 0 Å². The van der Waals surface area contributed by atoms with Gasteiger partial charge in [-0.05, 0) is 29.5 Å². The van der Waals surface area contributed by atoms with Gasteiger partial charge >= 0.3 is 0 Å². The zero-order valence-electron chi connectivity index (χ0n) is 14.8. The molecule has 4 heteroatoms. The Bertz CT molecular complexity index is 657. The molecular weight excluding hydrogens is 332 g/mol. The maximum atomic E-state index is 12.8. The van der Waals surface area contributed by atoms with Crippen LogP contribution in [0.25, 0.3) is 0 Å². The van der Waals surface area contributed by atoms with Gasteiger partial charge in [-0.3, -0.25) is 4.79 Å². The molecule has 1 atom stereocenters. The Balaban J connectivity index is 0.00000225. The zero-order valence-corrected chi connectivity index (χ0v) is 15.6. The van der Waals surface area contributed by atoms with Gasteiger partial charge in [-0.1, -0.05) is 61.5 Å². The molecule has 0 spiro atoms. The second kappa shape index (κ2) is 9.59. The number of hydrogen-bond acceptors (Lipinski definition) is 2. The molecule has 0 saturated carbocycles. The van der Waals surface area contributed by atoms with Crippen LogP contribution in [0.3, 0.4) is 0 Å². The highest BCUT2D eigenvalue weighted by molar-refractivity contribution is 5.85. The van der Waals surface area contributed by atoms with Gasteiger partial charge in [-0.25, -0.2) is 0 Å². The van der Waals surface area contributed by atoms with Gasteiger partial charge in [0.05, 0.1) is 6.04 Å². The molecule has 1 amide bonds. The number of piperazine rings is 1. The molecule has 1 N–H and O–H groups in total. The summed E-state index contributed by atoms with van der Waals surface area (Å²) in [6, 6.07) is 19.1. The molecule has 0 aliphatic carbocycles. The summed E-state index contributed by atoms with van der Waals surface area (Å²) in [5.74, 6) is 0.255. The van der Waals surface area contributed by atoms with Gasteiger partial charge < -0.3 is 10.2 Å². The summed E-state index contributed by atoms with van der Waals surface area (Å²) < 4.78 is 0. The number of carbonyl (C=O) groups excluding carboxylic acids is 1. The molecule has 0 radical (unpaired) electrons. The van der Waals surface area contributed by atoms with Crippen molar-refractivity contribution >= 4 is 18.3 Å². The van der Waals surface area contributed by atoms with E-state index in [2.05, 4.69) is 53.5 Å². The van der Waals surface area contributed by atoms with Crippen LogP contribution in [0, 0.1) is 0 Å². The number of carbonyl (C=O) groups is 1. The summed E-state index contributed by atoms with van der Waals surface area (Å²) in [4.78, 5) is 14.8. The van der Waals surface area contributed by atoms with Crippen LogP contribution in [0.5, 0.6) is 0 Å². The summed E-state index contributed by atoms with van der Waals surface area (Å²) in [5, 5.41) is 3.43. The van der Waals surface area contributed by atoms with Gasteiger partial charge in [0.15, 0.2) is 0 Å². The summed E-state index contributed by atoms with van der Waals surface area (Å²) in [7, 11) is 0. The maximum absolute atomic E-state index is 12.8. The molecule has 3 nitrogen and oxygen atoms in total. The zero-order chi connectivity index (χ0) is 16.8. The monoisotopic (exact) mass is 358 g/mol. The minimum absolute atomic E-state index is 0. The van der Waals surface area contributed by atoms with Gasteiger partial charge in [-0.15, -0.1) is 12.4 Å². The van der Waals surface area contributed by atoms with E-state index in [1.165, 1.54) is 16.7 Å². The van der Waals surface area contributed by atoms with Gasteiger partial charge in [0, 0.05) is 26.1 Å². The van der Waals surface area contributed by atoms with E-state index in [4.69, 9.17) is 0 Å². The van der Waals surface area contributed by atoms with E-state index < -0.39 is 0 Å². The molecule has 3 rings (SSSR count). The van der Waals surface area contributed by atoms with Crippen molar-refractivity contribution in [3.05, 3.63) is 71.3 Å². The van der Waals surface area contributed by atoms with E-state index >= 15 is 0 Å². The number of amides is 1. The minimum atomic E-state index is 0. The molecule has 1 fully saturated rings. The first kappa shape index (κ1) is 19.5. The smallest absolute Gasteiger partial charge is 0.223 e. The van der Waals surface area contributed by atoms with Crippen LogP contribution in [-0.2, 0) is 17.6 Å². The summed E-state index contributed by atoms with van der Waals surface area (Å²) in [6.45, 7) is 4.66. The molecule has 1 aliphatic heterocycles. The Morgan fingerprint density at radius 3 is 2.48 bits per heavy atom. The highest BCUT2D eigenvalue weighted by Gasteiger charge is 2.27. The number of aryl methyl sites for hydroxylation is 2. The van der Waals surface area contributed by atoms with Crippen molar-refractivity contribution in [3.63, 3.8) is 0 Å². The Morgan fingerprint density at radius 2 is 1.80 bits per heavy atom. The first-order valence-corrected chi connectivity index (χ1v) is 8.91. The normalized spacial score (nSPS) is 17.0. The maximum Gasteiger partial charge on any atom is 0.223 e. The topological polar surface area (TPSA) is 32.3 Å². The lowest BCUT2D eigenvalue weighted by Crippen LogP contribution is -2.48. The Hall–Kier alpha value is -1.84. The van der Waals surface area contributed by atoms with E-state index in [-0.39, 0.29) is 24.4 Å². The lowest BCUT2D eigenvalue weighted by Gasteiger charge is -2.36. The van der Waals surface area contributed by atoms with Crippen LogP contribution in [0.15, 0.2) is 54.6 Å². The summed E-state index contributed by atoms with van der Waals surface area (Å²) in [6.07, 6.45) is 2.43. The van der Waals surface area contributed by atoms with Crippen molar-refractivity contribution in [3.8, 4) is 0 Å². The molecule has 1 aliphatic rings. The van der Waals surface area contributed by atoms with Crippen LogP contribution < -0.4 is 5.32 Å². The predicted molar refractivity (Wildman–Crippen MR) is 105 cm³/mol. The molecule has 2 aromatic rings. The van der Waals surface area contributed by atoms with Crippen LogP contribution in [0.2, 0.25) is 0 Å².